The van der Waals surface area contributed by atoms with E-state index in [1.807, 2.05) is 0 Å². The van der Waals surface area contributed by atoms with Crippen molar-refractivity contribution < 1.29 is 0 Å². The molecule has 1 aliphatic heterocycles. The third-order valence-corrected chi connectivity index (χ3v) is 3.77. The van der Waals surface area contributed by atoms with Crippen LogP contribution in [0.5, 0.6) is 0 Å². The molecule has 1 fully saturated rings. The standard InChI is InChI=1S/C15H24N2/c1-4-13-5-7-14(8-6-13)12(2)16-15-9-10-17(3)11-15/h5-8,12,15-16H,4,9-11H2,1-3H3. The first-order chi connectivity index (χ1) is 8.19. The summed E-state index contributed by atoms with van der Waals surface area (Å²) in [5.74, 6) is 0. The van der Waals surface area contributed by atoms with Gasteiger partial charge < -0.3 is 10.2 Å². The van der Waals surface area contributed by atoms with Crippen LogP contribution in [0.15, 0.2) is 24.3 Å². The molecule has 1 aromatic carbocycles. The summed E-state index contributed by atoms with van der Waals surface area (Å²) >= 11 is 0. The topological polar surface area (TPSA) is 15.3 Å². The lowest BCUT2D eigenvalue weighted by atomic mass is 10.0. The Bertz CT molecular complexity index is 344. The van der Waals surface area contributed by atoms with E-state index in [0.29, 0.717) is 12.1 Å². The number of likely N-dealkylation sites (N-methyl/N-ethyl adjacent to an activating group) is 1. The monoisotopic (exact) mass is 232 g/mol. The van der Waals surface area contributed by atoms with Crippen molar-refractivity contribution in [1.29, 1.82) is 0 Å². The number of nitrogens with one attached hydrogen (secondary N) is 1. The molecule has 2 heteroatoms. The van der Waals surface area contributed by atoms with Crippen molar-refractivity contribution in [1.82, 2.24) is 10.2 Å². The van der Waals surface area contributed by atoms with E-state index in [2.05, 4.69) is 55.4 Å². The minimum atomic E-state index is 0.456. The molecule has 1 N–H and O–H groups in total. The number of hydrogen-bond acceptors (Lipinski definition) is 2. The van der Waals surface area contributed by atoms with Crippen molar-refractivity contribution in [2.75, 3.05) is 20.1 Å². The lowest BCUT2D eigenvalue weighted by molar-refractivity contribution is 0.387. The van der Waals surface area contributed by atoms with Crippen molar-refractivity contribution in [3.63, 3.8) is 0 Å². The van der Waals surface area contributed by atoms with Crippen LogP contribution in [0.2, 0.25) is 0 Å². The van der Waals surface area contributed by atoms with Gasteiger partial charge in [-0.25, -0.2) is 0 Å². The summed E-state index contributed by atoms with van der Waals surface area (Å²) in [5, 5.41) is 3.72. The summed E-state index contributed by atoms with van der Waals surface area (Å²) in [6.07, 6.45) is 2.39. The van der Waals surface area contributed by atoms with Crippen LogP contribution in [-0.4, -0.2) is 31.1 Å². The second-order valence-electron chi connectivity index (χ2n) is 5.23. The molecule has 2 rings (SSSR count). The minimum absolute atomic E-state index is 0.456. The molecule has 1 saturated heterocycles. The predicted molar refractivity (Wildman–Crippen MR) is 73.3 cm³/mol. The minimum Gasteiger partial charge on any atom is -0.306 e. The predicted octanol–water partition coefficient (Wildman–Crippen LogP) is 2.60. The molecular weight excluding hydrogens is 208 g/mol. The lowest BCUT2D eigenvalue weighted by Crippen LogP contribution is -2.33. The number of hydrogen-bond donors (Lipinski definition) is 1. The quantitative estimate of drug-likeness (QED) is 0.858. The van der Waals surface area contributed by atoms with E-state index in [-0.39, 0.29) is 0 Å². The summed E-state index contributed by atoms with van der Waals surface area (Å²) in [6, 6.07) is 10.1. The molecule has 0 bridgehead atoms. The first kappa shape index (κ1) is 12.6. The van der Waals surface area contributed by atoms with E-state index in [1.54, 1.807) is 0 Å². The largest absolute Gasteiger partial charge is 0.306 e. The first-order valence-electron chi connectivity index (χ1n) is 6.72. The van der Waals surface area contributed by atoms with Gasteiger partial charge >= 0.3 is 0 Å². The molecule has 0 saturated carbocycles. The maximum absolute atomic E-state index is 3.72. The Morgan fingerprint density at radius 2 is 2.06 bits per heavy atom. The molecule has 0 aliphatic carbocycles. The van der Waals surface area contributed by atoms with Crippen molar-refractivity contribution in [3.05, 3.63) is 35.4 Å². The molecule has 17 heavy (non-hydrogen) atoms. The van der Waals surface area contributed by atoms with E-state index >= 15 is 0 Å². The molecule has 0 radical (unpaired) electrons. The van der Waals surface area contributed by atoms with Crippen LogP contribution in [-0.2, 0) is 6.42 Å². The van der Waals surface area contributed by atoms with E-state index < -0.39 is 0 Å². The van der Waals surface area contributed by atoms with Crippen LogP contribution in [0.25, 0.3) is 0 Å². The molecule has 0 spiro atoms. The number of nitrogens with zero attached hydrogens (tertiary/aromatic N) is 1. The van der Waals surface area contributed by atoms with E-state index in [4.69, 9.17) is 0 Å². The maximum atomic E-state index is 3.72. The van der Waals surface area contributed by atoms with Crippen molar-refractivity contribution >= 4 is 0 Å². The number of aryl methyl sites for hydroxylation is 1. The maximum Gasteiger partial charge on any atom is 0.0294 e. The summed E-state index contributed by atoms with van der Waals surface area (Å²) in [5.41, 5.74) is 2.82. The van der Waals surface area contributed by atoms with Crippen LogP contribution in [0.3, 0.4) is 0 Å². The third kappa shape index (κ3) is 3.30. The second kappa shape index (κ2) is 5.65. The van der Waals surface area contributed by atoms with Gasteiger partial charge in [0.05, 0.1) is 0 Å². The van der Waals surface area contributed by atoms with Crippen molar-refractivity contribution in [2.45, 2.75) is 38.8 Å². The molecule has 0 aromatic heterocycles. The highest BCUT2D eigenvalue weighted by Gasteiger charge is 2.20. The van der Waals surface area contributed by atoms with Crippen LogP contribution >= 0.6 is 0 Å². The van der Waals surface area contributed by atoms with Gasteiger partial charge in [0.1, 0.15) is 0 Å². The van der Waals surface area contributed by atoms with Gasteiger partial charge in [0, 0.05) is 18.6 Å². The number of benzene rings is 1. The van der Waals surface area contributed by atoms with Gasteiger partial charge in [0.25, 0.3) is 0 Å². The molecule has 1 aliphatic rings. The zero-order chi connectivity index (χ0) is 12.3. The summed E-state index contributed by atoms with van der Waals surface area (Å²) < 4.78 is 0. The fraction of sp³-hybridized carbons (Fsp3) is 0.600. The van der Waals surface area contributed by atoms with Gasteiger partial charge in [-0.1, -0.05) is 31.2 Å². The Kier molecular flexibility index (Phi) is 4.19. The normalized spacial score (nSPS) is 22.9. The highest BCUT2D eigenvalue weighted by molar-refractivity contribution is 5.24. The van der Waals surface area contributed by atoms with Gasteiger partial charge in [-0.05, 0) is 44.5 Å². The van der Waals surface area contributed by atoms with Crippen molar-refractivity contribution in [2.24, 2.45) is 0 Å². The Morgan fingerprint density at radius 3 is 2.59 bits per heavy atom. The molecule has 2 atom stereocenters. The fourth-order valence-electron chi connectivity index (χ4n) is 2.56. The van der Waals surface area contributed by atoms with Crippen LogP contribution < -0.4 is 5.32 Å². The molecule has 1 aromatic rings. The van der Waals surface area contributed by atoms with Crippen molar-refractivity contribution in [3.8, 4) is 0 Å². The summed E-state index contributed by atoms with van der Waals surface area (Å²) in [6.45, 7) is 6.86. The molecular formula is C15H24N2. The third-order valence-electron chi connectivity index (χ3n) is 3.77. The molecule has 94 valence electrons. The fourth-order valence-corrected chi connectivity index (χ4v) is 2.56. The van der Waals surface area contributed by atoms with Gasteiger partial charge in [-0.15, -0.1) is 0 Å². The zero-order valence-electron chi connectivity index (χ0n) is 11.2. The molecule has 1 heterocycles. The lowest BCUT2D eigenvalue weighted by Gasteiger charge is -2.20. The molecule has 0 amide bonds. The van der Waals surface area contributed by atoms with Crippen LogP contribution in [0.4, 0.5) is 0 Å². The summed E-state index contributed by atoms with van der Waals surface area (Å²) in [7, 11) is 2.20. The van der Waals surface area contributed by atoms with Gasteiger partial charge in [-0.3, -0.25) is 0 Å². The summed E-state index contributed by atoms with van der Waals surface area (Å²) in [4.78, 5) is 2.39. The number of likely N-dealkylation sites (tertiary alicyclic amines) is 1. The Balaban J connectivity index is 1.92. The SMILES string of the molecule is CCc1ccc(C(C)NC2CCN(C)C2)cc1. The van der Waals surface area contributed by atoms with Gasteiger partial charge in [-0.2, -0.15) is 0 Å². The molecule has 2 nitrogen and oxygen atoms in total. The first-order valence-corrected chi connectivity index (χ1v) is 6.72. The average molecular weight is 232 g/mol. The van der Waals surface area contributed by atoms with E-state index in [1.165, 1.54) is 30.6 Å². The van der Waals surface area contributed by atoms with Gasteiger partial charge in [0.2, 0.25) is 0 Å². The van der Waals surface area contributed by atoms with E-state index in [9.17, 15) is 0 Å². The smallest absolute Gasteiger partial charge is 0.0294 e. The second-order valence-corrected chi connectivity index (χ2v) is 5.23. The average Bonchev–Trinajstić information content (AvgIpc) is 2.75. The number of rotatable bonds is 4. The van der Waals surface area contributed by atoms with Crippen LogP contribution in [0.1, 0.15) is 37.4 Å². The zero-order valence-corrected chi connectivity index (χ0v) is 11.2. The highest BCUT2D eigenvalue weighted by Crippen LogP contribution is 2.17. The van der Waals surface area contributed by atoms with E-state index in [0.717, 1.165) is 6.42 Å². The Morgan fingerprint density at radius 1 is 1.35 bits per heavy atom. The highest BCUT2D eigenvalue weighted by atomic mass is 15.2. The van der Waals surface area contributed by atoms with Gasteiger partial charge in [0.15, 0.2) is 0 Å². The Labute approximate surface area is 105 Å². The van der Waals surface area contributed by atoms with Crippen LogP contribution in [0, 0.1) is 0 Å². The Hall–Kier alpha value is -0.860. The molecule has 2 unspecified atom stereocenters.